The molecule has 2 N–H and O–H groups in total. The molecule has 6 nitrogen and oxygen atoms in total. The molecule has 0 atom stereocenters. The highest BCUT2D eigenvalue weighted by atomic mass is 16.4. The summed E-state index contributed by atoms with van der Waals surface area (Å²) < 4.78 is 0. The summed E-state index contributed by atoms with van der Waals surface area (Å²) in [5.74, 6) is -1.46. The number of carbonyl (C=O) groups excluding carboxylic acids is 1. The number of carbonyl (C=O) groups is 2. The summed E-state index contributed by atoms with van der Waals surface area (Å²) in [6, 6.07) is 1.64. The number of H-pyrrole nitrogens is 1. The highest BCUT2D eigenvalue weighted by Crippen LogP contribution is 2.19. The van der Waals surface area contributed by atoms with Crippen molar-refractivity contribution in [2.75, 3.05) is 13.1 Å². The van der Waals surface area contributed by atoms with Gasteiger partial charge in [0.05, 0.1) is 0 Å². The van der Waals surface area contributed by atoms with Crippen LogP contribution in [0, 0.1) is 5.92 Å². The molecule has 0 aliphatic heterocycles. The average molecular weight is 306 g/mol. The number of carboxylic acid groups (broad SMARTS) is 1. The Balaban J connectivity index is 2.33. The van der Waals surface area contributed by atoms with Crippen molar-refractivity contribution in [3.05, 3.63) is 33.2 Å². The number of aliphatic carboxylic acids is 1. The molecule has 0 fully saturated rings. The SMILES string of the molecule is CC(C)CN(CC(=O)O)C(=O)c1cc2c([nH]c1=O)CCCC2. The van der Waals surface area contributed by atoms with Gasteiger partial charge in [0.25, 0.3) is 11.5 Å². The molecule has 1 amide bonds. The molecule has 1 aromatic heterocycles. The lowest BCUT2D eigenvalue weighted by atomic mass is 9.95. The molecule has 0 unspecified atom stereocenters. The minimum absolute atomic E-state index is 0.0440. The van der Waals surface area contributed by atoms with E-state index in [2.05, 4.69) is 4.98 Å². The molecule has 22 heavy (non-hydrogen) atoms. The summed E-state index contributed by atoms with van der Waals surface area (Å²) in [7, 11) is 0. The number of rotatable bonds is 5. The van der Waals surface area contributed by atoms with Gasteiger partial charge in [-0.2, -0.15) is 0 Å². The summed E-state index contributed by atoms with van der Waals surface area (Å²) in [5.41, 5.74) is 1.52. The topological polar surface area (TPSA) is 90.5 Å². The van der Waals surface area contributed by atoms with Crippen molar-refractivity contribution >= 4 is 11.9 Å². The Morgan fingerprint density at radius 3 is 2.64 bits per heavy atom. The smallest absolute Gasteiger partial charge is 0.323 e. The van der Waals surface area contributed by atoms with Crippen molar-refractivity contribution < 1.29 is 14.7 Å². The summed E-state index contributed by atoms with van der Waals surface area (Å²) >= 11 is 0. The molecule has 0 saturated carbocycles. The average Bonchev–Trinajstić information content (AvgIpc) is 2.44. The van der Waals surface area contributed by atoms with Gasteiger partial charge in [-0.25, -0.2) is 0 Å². The minimum atomic E-state index is -1.08. The second-order valence-corrected chi connectivity index (χ2v) is 6.20. The predicted molar refractivity (Wildman–Crippen MR) is 82.1 cm³/mol. The van der Waals surface area contributed by atoms with E-state index in [0.29, 0.717) is 6.54 Å². The van der Waals surface area contributed by atoms with E-state index in [4.69, 9.17) is 5.11 Å². The number of aryl methyl sites for hydroxylation is 2. The van der Waals surface area contributed by atoms with Gasteiger partial charge in [-0.1, -0.05) is 13.8 Å². The van der Waals surface area contributed by atoms with Gasteiger partial charge in [0, 0.05) is 12.2 Å². The molecule has 0 bridgehead atoms. The monoisotopic (exact) mass is 306 g/mol. The standard InChI is InChI=1S/C16H22N2O4/c1-10(2)8-18(9-14(19)20)16(22)12-7-11-5-3-4-6-13(11)17-15(12)21/h7,10H,3-6,8-9H2,1-2H3,(H,17,21)(H,19,20). The van der Waals surface area contributed by atoms with Gasteiger partial charge in [-0.05, 0) is 43.2 Å². The van der Waals surface area contributed by atoms with Crippen LogP contribution in [0.3, 0.4) is 0 Å². The molecule has 0 spiro atoms. The molecule has 0 aromatic carbocycles. The maximum Gasteiger partial charge on any atom is 0.323 e. The van der Waals surface area contributed by atoms with Gasteiger partial charge < -0.3 is 15.0 Å². The third-order valence-electron chi connectivity index (χ3n) is 3.77. The highest BCUT2D eigenvalue weighted by Gasteiger charge is 2.23. The van der Waals surface area contributed by atoms with Crippen molar-refractivity contribution in [1.29, 1.82) is 0 Å². The minimum Gasteiger partial charge on any atom is -0.480 e. The normalized spacial score (nSPS) is 13.8. The Kier molecular flexibility index (Phi) is 5.00. The van der Waals surface area contributed by atoms with E-state index in [9.17, 15) is 14.4 Å². The molecule has 1 aliphatic carbocycles. The first kappa shape index (κ1) is 16.3. The number of hydrogen-bond donors (Lipinski definition) is 2. The first-order chi connectivity index (χ1) is 10.4. The van der Waals surface area contributed by atoms with Crippen molar-refractivity contribution in [2.24, 2.45) is 5.92 Å². The number of aromatic nitrogens is 1. The highest BCUT2D eigenvalue weighted by molar-refractivity contribution is 5.95. The number of nitrogens with one attached hydrogen (secondary N) is 1. The van der Waals surface area contributed by atoms with Crippen LogP contribution in [0.4, 0.5) is 0 Å². The Bertz CT molecular complexity index is 634. The van der Waals surface area contributed by atoms with Crippen molar-refractivity contribution in [3.8, 4) is 0 Å². The van der Waals surface area contributed by atoms with Crippen LogP contribution in [0.25, 0.3) is 0 Å². The molecule has 0 saturated heterocycles. The zero-order valence-electron chi connectivity index (χ0n) is 13.0. The fourth-order valence-corrected chi connectivity index (χ4v) is 2.83. The van der Waals surface area contributed by atoms with Gasteiger partial charge in [-0.15, -0.1) is 0 Å². The lowest BCUT2D eigenvalue weighted by molar-refractivity contribution is -0.137. The summed E-state index contributed by atoms with van der Waals surface area (Å²) in [5, 5.41) is 8.97. The van der Waals surface area contributed by atoms with E-state index < -0.39 is 24.0 Å². The van der Waals surface area contributed by atoms with E-state index in [1.807, 2.05) is 13.8 Å². The van der Waals surface area contributed by atoms with E-state index in [1.54, 1.807) is 6.07 Å². The molecule has 2 rings (SSSR count). The third-order valence-corrected chi connectivity index (χ3v) is 3.77. The maximum absolute atomic E-state index is 12.6. The van der Waals surface area contributed by atoms with Crippen LogP contribution in [0.2, 0.25) is 0 Å². The number of carboxylic acids is 1. The van der Waals surface area contributed by atoms with E-state index in [-0.39, 0.29) is 11.5 Å². The molecule has 1 heterocycles. The van der Waals surface area contributed by atoms with Crippen LogP contribution < -0.4 is 5.56 Å². The molecule has 120 valence electrons. The lowest BCUT2D eigenvalue weighted by Crippen LogP contribution is -2.40. The van der Waals surface area contributed by atoms with Crippen molar-refractivity contribution in [1.82, 2.24) is 9.88 Å². The van der Waals surface area contributed by atoms with Crippen LogP contribution >= 0.6 is 0 Å². The molecule has 1 aliphatic rings. The van der Waals surface area contributed by atoms with Gasteiger partial charge in [0.15, 0.2) is 0 Å². The quantitative estimate of drug-likeness (QED) is 0.861. The van der Waals surface area contributed by atoms with E-state index in [1.165, 1.54) is 4.90 Å². The van der Waals surface area contributed by atoms with Crippen molar-refractivity contribution in [3.63, 3.8) is 0 Å². The molecule has 1 aromatic rings. The number of aromatic amines is 1. The fourth-order valence-electron chi connectivity index (χ4n) is 2.83. The number of hydrogen-bond acceptors (Lipinski definition) is 3. The van der Waals surface area contributed by atoms with Crippen LogP contribution in [0.5, 0.6) is 0 Å². The maximum atomic E-state index is 12.6. The van der Waals surface area contributed by atoms with Gasteiger partial charge in [0.2, 0.25) is 0 Å². The Morgan fingerprint density at radius 2 is 2.00 bits per heavy atom. The number of pyridine rings is 1. The van der Waals surface area contributed by atoms with Crippen LogP contribution in [0.15, 0.2) is 10.9 Å². The zero-order chi connectivity index (χ0) is 16.3. The second-order valence-electron chi connectivity index (χ2n) is 6.20. The third kappa shape index (κ3) is 3.75. The van der Waals surface area contributed by atoms with E-state index >= 15 is 0 Å². The largest absolute Gasteiger partial charge is 0.480 e. The fraction of sp³-hybridized carbons (Fsp3) is 0.562. The van der Waals surface area contributed by atoms with Crippen molar-refractivity contribution in [2.45, 2.75) is 39.5 Å². The summed E-state index contributed by atoms with van der Waals surface area (Å²) in [6.45, 7) is 3.72. The zero-order valence-corrected chi connectivity index (χ0v) is 13.0. The Labute approximate surface area is 129 Å². The van der Waals surface area contributed by atoms with E-state index in [0.717, 1.165) is 36.9 Å². The number of nitrogens with zero attached hydrogens (tertiary/aromatic N) is 1. The number of amides is 1. The van der Waals surface area contributed by atoms with Crippen LogP contribution in [-0.4, -0.2) is 40.0 Å². The van der Waals surface area contributed by atoms with Crippen LogP contribution in [-0.2, 0) is 17.6 Å². The van der Waals surface area contributed by atoms with Crippen LogP contribution in [0.1, 0.15) is 48.3 Å². The summed E-state index contributed by atoms with van der Waals surface area (Å²) in [4.78, 5) is 39.7. The number of fused-ring (bicyclic) bond motifs is 1. The van der Waals surface area contributed by atoms with Gasteiger partial charge in [0.1, 0.15) is 12.1 Å². The Morgan fingerprint density at radius 1 is 1.32 bits per heavy atom. The first-order valence-corrected chi connectivity index (χ1v) is 7.64. The predicted octanol–water partition coefficient (Wildman–Crippen LogP) is 1.44. The molecular weight excluding hydrogens is 284 g/mol. The van der Waals surface area contributed by atoms with Gasteiger partial charge >= 0.3 is 5.97 Å². The van der Waals surface area contributed by atoms with Gasteiger partial charge in [-0.3, -0.25) is 14.4 Å². The molecule has 0 radical (unpaired) electrons. The molecule has 6 heteroatoms. The second kappa shape index (κ2) is 6.77. The summed E-state index contributed by atoms with van der Waals surface area (Å²) in [6.07, 6.45) is 3.74. The molecular formula is C16H22N2O4. The first-order valence-electron chi connectivity index (χ1n) is 7.64. The Hall–Kier alpha value is -2.11. The lowest BCUT2D eigenvalue weighted by Gasteiger charge is -2.23.